The van der Waals surface area contributed by atoms with Crippen molar-refractivity contribution in [2.45, 2.75) is 43.1 Å². The van der Waals surface area contributed by atoms with Crippen LogP contribution in [0.5, 0.6) is 0 Å². The number of nitrogens with one attached hydrogen (secondary N) is 1. The predicted octanol–water partition coefficient (Wildman–Crippen LogP) is 3.16. The minimum Gasteiger partial charge on any atom is -0.388 e. The van der Waals surface area contributed by atoms with Gasteiger partial charge in [0.25, 0.3) is 0 Å². The fraction of sp³-hybridized carbons (Fsp3) is 0.533. The van der Waals surface area contributed by atoms with Gasteiger partial charge in [-0.15, -0.1) is 0 Å². The lowest BCUT2D eigenvalue weighted by molar-refractivity contribution is -0.123. The molecule has 1 aromatic rings. The lowest BCUT2D eigenvalue weighted by atomic mass is 10.1. The monoisotopic (exact) mass is 313 g/mol. The summed E-state index contributed by atoms with van der Waals surface area (Å²) in [6.45, 7) is 0. The van der Waals surface area contributed by atoms with E-state index in [0.29, 0.717) is 10.3 Å². The fourth-order valence-electron chi connectivity index (χ4n) is 2.55. The van der Waals surface area contributed by atoms with Crippen LogP contribution in [0.3, 0.4) is 0 Å². The Balaban J connectivity index is 1.81. The molecule has 0 aromatic heterocycles. The summed E-state index contributed by atoms with van der Waals surface area (Å²) in [4.78, 5) is 11.9. The zero-order valence-electron chi connectivity index (χ0n) is 11.5. The SMILES string of the molecule is CSC1CCC(NC(=O)CC(O)c2ccc(Cl)cc2)C1. The Morgan fingerprint density at radius 1 is 1.45 bits per heavy atom. The smallest absolute Gasteiger partial charge is 0.223 e. The predicted molar refractivity (Wildman–Crippen MR) is 84.1 cm³/mol. The van der Waals surface area contributed by atoms with E-state index >= 15 is 0 Å². The first kappa shape index (κ1) is 15.7. The number of aliphatic hydroxyl groups excluding tert-OH is 1. The fourth-order valence-corrected chi connectivity index (χ4v) is 3.47. The average molecular weight is 314 g/mol. The Morgan fingerprint density at radius 2 is 2.15 bits per heavy atom. The van der Waals surface area contributed by atoms with Gasteiger partial charge in [0.05, 0.1) is 12.5 Å². The van der Waals surface area contributed by atoms with Gasteiger partial charge in [-0.25, -0.2) is 0 Å². The topological polar surface area (TPSA) is 49.3 Å². The Labute approximate surface area is 129 Å². The standard InChI is InChI=1S/C15H20ClNO2S/c1-20-13-7-6-12(8-13)17-15(19)9-14(18)10-2-4-11(16)5-3-10/h2-5,12-14,18H,6-9H2,1H3,(H,17,19). The zero-order chi connectivity index (χ0) is 14.5. The van der Waals surface area contributed by atoms with Crippen LogP contribution in [0, 0.1) is 0 Å². The van der Waals surface area contributed by atoms with E-state index in [9.17, 15) is 9.90 Å². The number of benzene rings is 1. The summed E-state index contributed by atoms with van der Waals surface area (Å²) in [5, 5.41) is 14.3. The molecule has 1 amide bonds. The van der Waals surface area contributed by atoms with Gasteiger partial charge in [-0.05, 0) is 43.2 Å². The maximum atomic E-state index is 11.9. The van der Waals surface area contributed by atoms with E-state index in [2.05, 4.69) is 11.6 Å². The first-order chi connectivity index (χ1) is 9.58. The minimum atomic E-state index is -0.773. The number of hydrogen-bond donors (Lipinski definition) is 2. The highest BCUT2D eigenvalue weighted by Gasteiger charge is 2.25. The summed E-state index contributed by atoms with van der Waals surface area (Å²) in [7, 11) is 0. The van der Waals surface area contributed by atoms with Gasteiger partial charge < -0.3 is 10.4 Å². The second-order valence-corrected chi connectivity index (χ2v) is 6.78. The zero-order valence-corrected chi connectivity index (χ0v) is 13.1. The van der Waals surface area contributed by atoms with Crippen molar-refractivity contribution in [1.29, 1.82) is 0 Å². The minimum absolute atomic E-state index is 0.0841. The molecule has 1 fully saturated rings. The number of hydrogen-bond acceptors (Lipinski definition) is 3. The molecule has 1 aliphatic carbocycles. The van der Waals surface area contributed by atoms with Gasteiger partial charge in [0.15, 0.2) is 0 Å². The van der Waals surface area contributed by atoms with Gasteiger partial charge in [0.2, 0.25) is 5.91 Å². The van der Waals surface area contributed by atoms with E-state index in [1.54, 1.807) is 24.3 Å². The van der Waals surface area contributed by atoms with Crippen LogP contribution in [0.2, 0.25) is 5.02 Å². The van der Waals surface area contributed by atoms with Gasteiger partial charge in [-0.3, -0.25) is 4.79 Å². The summed E-state index contributed by atoms with van der Waals surface area (Å²) in [6.07, 6.45) is 4.66. The van der Waals surface area contributed by atoms with Crippen molar-refractivity contribution in [3.8, 4) is 0 Å². The number of rotatable bonds is 5. The third-order valence-electron chi connectivity index (χ3n) is 3.72. The molecule has 3 unspecified atom stereocenters. The molecule has 2 rings (SSSR count). The maximum absolute atomic E-state index is 11.9. The number of thioether (sulfide) groups is 1. The molecule has 3 nitrogen and oxygen atoms in total. The molecule has 0 spiro atoms. The summed E-state index contributed by atoms with van der Waals surface area (Å²) >= 11 is 7.66. The Bertz CT molecular complexity index is 452. The van der Waals surface area contributed by atoms with Crippen LogP contribution in [-0.2, 0) is 4.79 Å². The van der Waals surface area contributed by atoms with E-state index in [1.165, 1.54) is 0 Å². The molecule has 20 heavy (non-hydrogen) atoms. The van der Waals surface area contributed by atoms with Crippen LogP contribution in [-0.4, -0.2) is 28.6 Å². The third-order valence-corrected chi connectivity index (χ3v) is 5.06. The molecule has 110 valence electrons. The maximum Gasteiger partial charge on any atom is 0.223 e. The van der Waals surface area contributed by atoms with Gasteiger partial charge in [0, 0.05) is 16.3 Å². The summed E-state index contributed by atoms with van der Waals surface area (Å²) < 4.78 is 0. The lowest BCUT2D eigenvalue weighted by Gasteiger charge is -2.15. The molecule has 2 N–H and O–H groups in total. The number of carbonyl (C=O) groups is 1. The van der Waals surface area contributed by atoms with Gasteiger partial charge in [-0.2, -0.15) is 11.8 Å². The highest BCUT2D eigenvalue weighted by Crippen LogP contribution is 2.28. The molecule has 1 aliphatic rings. The van der Waals surface area contributed by atoms with Crippen molar-refractivity contribution in [3.63, 3.8) is 0 Å². The van der Waals surface area contributed by atoms with Gasteiger partial charge in [0.1, 0.15) is 0 Å². The van der Waals surface area contributed by atoms with E-state index in [-0.39, 0.29) is 18.4 Å². The second-order valence-electron chi connectivity index (χ2n) is 5.21. The summed E-state index contributed by atoms with van der Waals surface area (Å²) in [5.41, 5.74) is 0.720. The van der Waals surface area contributed by atoms with Crippen molar-refractivity contribution >= 4 is 29.3 Å². The Morgan fingerprint density at radius 3 is 2.75 bits per heavy atom. The molecule has 1 saturated carbocycles. The van der Waals surface area contributed by atoms with Crippen LogP contribution in [0.4, 0.5) is 0 Å². The van der Waals surface area contributed by atoms with Crippen LogP contribution >= 0.6 is 23.4 Å². The molecule has 0 bridgehead atoms. The molecule has 0 radical (unpaired) electrons. The summed E-state index contributed by atoms with van der Waals surface area (Å²) in [5.74, 6) is -0.0841. The number of amides is 1. The molecule has 5 heteroatoms. The van der Waals surface area contributed by atoms with Crippen LogP contribution in [0.1, 0.15) is 37.4 Å². The van der Waals surface area contributed by atoms with Crippen molar-refractivity contribution in [2.75, 3.05) is 6.26 Å². The molecule has 3 atom stereocenters. The average Bonchev–Trinajstić information content (AvgIpc) is 2.86. The molecule has 0 heterocycles. The van der Waals surface area contributed by atoms with Crippen molar-refractivity contribution in [1.82, 2.24) is 5.32 Å². The number of aliphatic hydroxyl groups is 1. The van der Waals surface area contributed by atoms with Crippen LogP contribution in [0.15, 0.2) is 24.3 Å². The molecule has 0 aliphatic heterocycles. The first-order valence-electron chi connectivity index (χ1n) is 6.84. The number of carbonyl (C=O) groups excluding carboxylic acids is 1. The highest BCUT2D eigenvalue weighted by molar-refractivity contribution is 7.99. The highest BCUT2D eigenvalue weighted by atomic mass is 35.5. The molecule has 1 aromatic carbocycles. The van der Waals surface area contributed by atoms with E-state index in [1.807, 2.05) is 11.8 Å². The molecule has 0 saturated heterocycles. The third kappa shape index (κ3) is 4.40. The molecular weight excluding hydrogens is 294 g/mol. The van der Waals surface area contributed by atoms with Crippen molar-refractivity contribution < 1.29 is 9.90 Å². The lowest BCUT2D eigenvalue weighted by Crippen LogP contribution is -2.33. The normalized spacial score (nSPS) is 23.6. The number of halogens is 1. The van der Waals surface area contributed by atoms with Crippen LogP contribution < -0.4 is 5.32 Å². The van der Waals surface area contributed by atoms with Crippen molar-refractivity contribution in [3.05, 3.63) is 34.9 Å². The van der Waals surface area contributed by atoms with E-state index < -0.39 is 6.10 Å². The van der Waals surface area contributed by atoms with Gasteiger partial charge in [-0.1, -0.05) is 23.7 Å². The van der Waals surface area contributed by atoms with Crippen molar-refractivity contribution in [2.24, 2.45) is 0 Å². The van der Waals surface area contributed by atoms with E-state index in [4.69, 9.17) is 11.6 Å². The summed E-state index contributed by atoms with van der Waals surface area (Å²) in [6, 6.07) is 7.20. The quantitative estimate of drug-likeness (QED) is 0.878. The largest absolute Gasteiger partial charge is 0.388 e. The molecular formula is C15H20ClNO2S. The van der Waals surface area contributed by atoms with Gasteiger partial charge >= 0.3 is 0 Å². The van der Waals surface area contributed by atoms with E-state index in [0.717, 1.165) is 24.8 Å². The second kappa shape index (κ2) is 7.34. The van der Waals surface area contributed by atoms with Crippen LogP contribution in [0.25, 0.3) is 0 Å². The Hall–Kier alpha value is -0.710. The Kier molecular flexibility index (Phi) is 5.75. The first-order valence-corrected chi connectivity index (χ1v) is 8.50.